The third-order valence-electron chi connectivity index (χ3n) is 28.5. The number of epoxide rings is 8. The first-order valence-electron chi connectivity index (χ1n) is 49.6. The molecule has 24 rings (SSSR count). The zero-order chi connectivity index (χ0) is 95.9. The smallest absolute Gasteiger partial charge is 0.130 e. The molecule has 8 unspecified atom stereocenters. The van der Waals surface area contributed by atoms with Gasteiger partial charge in [0.1, 0.15) is 148 Å². The highest BCUT2D eigenvalue weighted by Crippen LogP contribution is 2.50. The summed E-state index contributed by atoms with van der Waals surface area (Å²) in [5.74, 6) is 7.45. The topological polar surface area (TPSA) is 174 Å². The fraction of sp³-hybridized carbons (Fsp3) is 0.328. The molecule has 0 N–H and O–H groups in total. The molecule has 16 heteroatoms. The highest BCUT2D eigenvalue weighted by atomic mass is 16.6. The highest BCUT2D eigenvalue weighted by Gasteiger charge is 2.35. The molecule has 724 valence electrons. The Balaban J connectivity index is 0.000000115. The molecular weight excluding hydrogens is 1760 g/mol. The van der Waals surface area contributed by atoms with Crippen LogP contribution >= 0.6 is 0 Å². The van der Waals surface area contributed by atoms with Gasteiger partial charge in [-0.15, -0.1) is 0 Å². The van der Waals surface area contributed by atoms with Crippen LogP contribution < -0.4 is 37.9 Å². The summed E-state index contributed by atoms with van der Waals surface area (Å²) in [5, 5.41) is 14.9. The van der Waals surface area contributed by atoms with Crippen LogP contribution in [0, 0.1) is 55.4 Å². The monoisotopic (exact) mass is 1880 g/mol. The average molecular weight is 1890 g/mol. The van der Waals surface area contributed by atoms with E-state index >= 15 is 0 Å². The number of ether oxygens (including phenoxy) is 16. The van der Waals surface area contributed by atoms with Crippen molar-refractivity contribution in [2.75, 3.05) is 106 Å². The van der Waals surface area contributed by atoms with Gasteiger partial charge in [0, 0.05) is 22.0 Å². The zero-order valence-corrected chi connectivity index (χ0v) is 82.3. The van der Waals surface area contributed by atoms with Gasteiger partial charge in [0.15, 0.2) is 0 Å². The number of benzene rings is 16. The first-order chi connectivity index (χ1) is 68.1. The lowest BCUT2D eigenvalue weighted by Crippen LogP contribution is -2.22. The van der Waals surface area contributed by atoms with Crippen molar-refractivity contribution in [3.63, 3.8) is 0 Å². The van der Waals surface area contributed by atoms with Gasteiger partial charge in [0.05, 0.1) is 52.9 Å². The van der Waals surface area contributed by atoms with E-state index in [4.69, 9.17) is 75.8 Å². The molecule has 0 bridgehead atoms. The number of hydrogen-bond acceptors (Lipinski definition) is 16. The quantitative estimate of drug-likeness (QED) is 0.0275. The highest BCUT2D eigenvalue weighted by molar-refractivity contribution is 6.11. The van der Waals surface area contributed by atoms with E-state index in [0.717, 1.165) is 167 Å². The Kier molecular flexibility index (Phi) is 28.1. The molecular formula is C125H128O16. The number of aryl methyl sites for hydroxylation is 8. The normalized spacial score (nSPS) is 18.7. The summed E-state index contributed by atoms with van der Waals surface area (Å²) in [5.41, 5.74) is 24.1. The summed E-state index contributed by atoms with van der Waals surface area (Å²) in [4.78, 5) is 0. The fourth-order valence-corrected chi connectivity index (χ4v) is 19.3. The van der Waals surface area contributed by atoms with Gasteiger partial charge < -0.3 is 75.8 Å². The maximum absolute atomic E-state index is 6.43. The van der Waals surface area contributed by atoms with Crippen LogP contribution in [-0.2, 0) is 61.6 Å². The third kappa shape index (κ3) is 22.6. The summed E-state index contributed by atoms with van der Waals surface area (Å²) in [6.07, 6.45) is 3.67. The van der Waals surface area contributed by atoms with Crippen LogP contribution in [0.15, 0.2) is 267 Å². The fourth-order valence-electron chi connectivity index (χ4n) is 19.3. The van der Waals surface area contributed by atoms with Gasteiger partial charge in [-0.25, -0.2) is 0 Å². The SMILES string of the molecule is C.Cc1c(OCC2CO2)ccc2cc(-c3ccc4c(C)c(OCC5CO5)ccc4c3)ccc12.Cc1cc(C(C)(C)c2ccc(C(C)(C)c3ccc(OCC4CO4)c(C)c3)cc2)ccc1OCC1CO1.Cc1cc(Cc2c3ccccc3c(Cc3ccc(OCC4CO4)c(C)c3)c3ccccc23)ccc1OCC1CO1.Cc1cc2ccccc2c(-c2c(OCC3CO3)c(C)cc3ccccc23)c1OCC1CO1. The predicted molar refractivity (Wildman–Crippen MR) is 564 cm³/mol. The Bertz CT molecular complexity index is 6780. The van der Waals surface area contributed by atoms with Gasteiger partial charge >= 0.3 is 0 Å². The van der Waals surface area contributed by atoms with Crippen LogP contribution in [0.2, 0.25) is 0 Å². The molecule has 0 amide bonds. The Labute approximate surface area is 828 Å². The van der Waals surface area contributed by atoms with E-state index in [1.54, 1.807) is 0 Å². The van der Waals surface area contributed by atoms with E-state index < -0.39 is 0 Å². The maximum atomic E-state index is 6.43. The zero-order valence-electron chi connectivity index (χ0n) is 82.3. The molecule has 0 aromatic heterocycles. The Morgan fingerprint density at radius 3 is 0.787 bits per heavy atom. The average Bonchev–Trinajstić information content (AvgIpc) is 1.78. The van der Waals surface area contributed by atoms with Crippen molar-refractivity contribution >= 4 is 64.6 Å². The molecule has 141 heavy (non-hydrogen) atoms. The van der Waals surface area contributed by atoms with Gasteiger partial charge in [0.25, 0.3) is 0 Å². The van der Waals surface area contributed by atoms with Crippen molar-refractivity contribution < 1.29 is 75.8 Å². The van der Waals surface area contributed by atoms with Crippen LogP contribution in [0.25, 0.3) is 86.9 Å². The van der Waals surface area contributed by atoms with Gasteiger partial charge in [-0.3, -0.25) is 0 Å². The lowest BCUT2D eigenvalue weighted by atomic mass is 9.74. The summed E-state index contributed by atoms with van der Waals surface area (Å²) in [6.45, 7) is 37.4. The van der Waals surface area contributed by atoms with E-state index in [1.165, 1.54) is 121 Å². The number of hydrogen-bond donors (Lipinski definition) is 0. The van der Waals surface area contributed by atoms with Crippen molar-refractivity contribution in [3.8, 4) is 68.2 Å². The predicted octanol–water partition coefficient (Wildman–Crippen LogP) is 26.2. The van der Waals surface area contributed by atoms with Crippen molar-refractivity contribution in [2.24, 2.45) is 0 Å². The summed E-state index contributed by atoms with van der Waals surface area (Å²) >= 11 is 0. The van der Waals surface area contributed by atoms with Crippen LogP contribution in [0.4, 0.5) is 0 Å². The molecule has 8 aliphatic heterocycles. The van der Waals surface area contributed by atoms with Gasteiger partial charge in [-0.2, -0.15) is 0 Å². The molecule has 8 atom stereocenters. The lowest BCUT2D eigenvalue weighted by Gasteiger charge is -2.30. The van der Waals surface area contributed by atoms with Crippen molar-refractivity contribution in [3.05, 3.63) is 356 Å². The van der Waals surface area contributed by atoms with E-state index in [-0.39, 0.29) is 67.1 Å². The second kappa shape index (κ2) is 41.4. The van der Waals surface area contributed by atoms with Crippen molar-refractivity contribution in [1.29, 1.82) is 0 Å². The second-order valence-electron chi connectivity index (χ2n) is 40.0. The van der Waals surface area contributed by atoms with Crippen molar-refractivity contribution in [1.82, 2.24) is 0 Å². The minimum Gasteiger partial charge on any atom is -0.491 e. The second-order valence-corrected chi connectivity index (χ2v) is 40.0. The molecule has 0 spiro atoms. The molecule has 8 saturated heterocycles. The Morgan fingerprint density at radius 1 is 0.234 bits per heavy atom. The lowest BCUT2D eigenvalue weighted by molar-refractivity contribution is 0.260. The van der Waals surface area contributed by atoms with Crippen LogP contribution in [0.5, 0.6) is 46.0 Å². The molecule has 16 nitrogen and oxygen atoms in total. The first-order valence-corrected chi connectivity index (χ1v) is 49.6. The molecule has 8 fully saturated rings. The molecule has 0 radical (unpaired) electrons. The van der Waals surface area contributed by atoms with Crippen LogP contribution in [0.1, 0.15) is 124 Å². The molecule has 0 saturated carbocycles. The summed E-state index contributed by atoms with van der Waals surface area (Å²) in [6, 6.07) is 96.3. The van der Waals surface area contributed by atoms with Crippen LogP contribution in [0.3, 0.4) is 0 Å². The van der Waals surface area contributed by atoms with Gasteiger partial charge in [0.2, 0.25) is 0 Å². The van der Waals surface area contributed by atoms with E-state index in [1.807, 2.05) is 0 Å². The van der Waals surface area contributed by atoms with Crippen molar-refractivity contribution in [2.45, 2.75) is 163 Å². The van der Waals surface area contributed by atoms with E-state index in [2.05, 4.69) is 350 Å². The van der Waals surface area contributed by atoms with E-state index in [0.29, 0.717) is 52.9 Å². The molecule has 8 heterocycles. The molecule has 0 aliphatic carbocycles. The van der Waals surface area contributed by atoms with E-state index in [9.17, 15) is 0 Å². The number of fused-ring (bicyclic) bond motifs is 6. The minimum atomic E-state index is -0.119. The number of rotatable bonds is 34. The molecule has 16 aromatic rings. The summed E-state index contributed by atoms with van der Waals surface area (Å²) < 4.78 is 91.1. The third-order valence-corrected chi connectivity index (χ3v) is 28.5. The molecule has 16 aromatic carbocycles. The largest absolute Gasteiger partial charge is 0.491 e. The Hall–Kier alpha value is -12.8. The standard InChI is InChI=1S/C36H34O4.C32H38O4.2C28H26O4.CH4/c1-23-15-25(11-13-35(23)39-21-27-19-37-27)17-33-29-7-3-5-9-31(29)34(32-10-6-4-8-30(32)33)18-26-12-14-36(24(2)16-26)40-22-28-20-38-28;1-21-15-25(11-13-29(21)35-19-27-17-33-27)31(3,4)23-7-9-24(10-8-23)32(5,6)26-12-14-30(22(2)16-26)36-20-28-18-34-28;1-17-25-7-3-19(11-21(25)5-9-27(17)31-15-23-13-29-23)20-4-8-26-18(2)28(10-6-22(26)12-20)32-16-24-14-30-24;1-17-11-19-7-3-5-9-23(19)25(27(17)31-15-21-13-29-21)26-24-10-6-4-8-20(24)12-18(2)28(26)32-16-22-14-30-22;/h3-16,27-28H,17-22H2,1-2H3;7-16,27-28H,17-20H2,1-6H3;3-12,23-24H,13-16H2,1-2H3;3-12,21-22H,13-16H2,1-2H3;1H4. The molecule has 8 aliphatic rings. The van der Waals surface area contributed by atoms with Crippen LogP contribution in [-0.4, -0.2) is 155 Å². The van der Waals surface area contributed by atoms with Gasteiger partial charge in [-0.1, -0.05) is 241 Å². The minimum absolute atomic E-state index is 0. The summed E-state index contributed by atoms with van der Waals surface area (Å²) in [7, 11) is 0. The van der Waals surface area contributed by atoms with Gasteiger partial charge in [-0.05, 0) is 294 Å². The maximum Gasteiger partial charge on any atom is 0.130 e. The first kappa shape index (κ1) is 95.7. The Morgan fingerprint density at radius 2 is 0.489 bits per heavy atom.